The maximum absolute atomic E-state index is 11.5. The Morgan fingerprint density at radius 2 is 2.62 bits per heavy atom. The standard InChI is InChI=1S/C10H14BrN3O2/c11-8-4-13-14(6-8)7-10(15)12-5-9-2-1-3-16-9/h4,6,9H,1-3,5,7H2,(H,12,15). The monoisotopic (exact) mass is 287 g/mol. The van der Waals surface area contributed by atoms with Gasteiger partial charge in [-0.15, -0.1) is 0 Å². The number of nitrogens with one attached hydrogen (secondary N) is 1. The van der Waals surface area contributed by atoms with Crippen molar-refractivity contribution in [1.29, 1.82) is 0 Å². The highest BCUT2D eigenvalue weighted by Crippen LogP contribution is 2.10. The number of aromatic nitrogens is 2. The fraction of sp³-hybridized carbons (Fsp3) is 0.600. The Bertz CT molecular complexity index is 361. The summed E-state index contributed by atoms with van der Waals surface area (Å²) in [5.74, 6) is -0.0360. The molecule has 6 heteroatoms. The molecule has 16 heavy (non-hydrogen) atoms. The van der Waals surface area contributed by atoms with Crippen molar-refractivity contribution in [3.05, 3.63) is 16.9 Å². The molecule has 1 aliphatic rings. The van der Waals surface area contributed by atoms with Gasteiger partial charge in [0.1, 0.15) is 6.54 Å². The summed E-state index contributed by atoms with van der Waals surface area (Å²) in [6.45, 7) is 1.66. The minimum Gasteiger partial charge on any atom is -0.376 e. The molecule has 1 fully saturated rings. The van der Waals surface area contributed by atoms with Gasteiger partial charge in [-0.2, -0.15) is 5.10 Å². The molecule has 0 aliphatic carbocycles. The van der Waals surface area contributed by atoms with Crippen molar-refractivity contribution in [2.45, 2.75) is 25.5 Å². The first-order chi connectivity index (χ1) is 7.74. The van der Waals surface area contributed by atoms with Crippen LogP contribution in [0.1, 0.15) is 12.8 Å². The maximum Gasteiger partial charge on any atom is 0.241 e. The van der Waals surface area contributed by atoms with E-state index in [0.717, 1.165) is 23.9 Å². The van der Waals surface area contributed by atoms with E-state index in [4.69, 9.17) is 4.74 Å². The van der Waals surface area contributed by atoms with Crippen LogP contribution in [0.15, 0.2) is 16.9 Å². The number of carbonyl (C=O) groups excluding carboxylic acids is 1. The van der Waals surface area contributed by atoms with Crippen LogP contribution in [-0.2, 0) is 16.1 Å². The van der Waals surface area contributed by atoms with Crippen molar-refractivity contribution in [2.24, 2.45) is 0 Å². The minimum absolute atomic E-state index is 0.0360. The van der Waals surface area contributed by atoms with Gasteiger partial charge in [-0.05, 0) is 28.8 Å². The van der Waals surface area contributed by atoms with Crippen molar-refractivity contribution >= 4 is 21.8 Å². The van der Waals surface area contributed by atoms with Crippen LogP contribution in [-0.4, -0.2) is 34.9 Å². The quantitative estimate of drug-likeness (QED) is 0.897. The average molecular weight is 288 g/mol. The second-order valence-electron chi connectivity index (χ2n) is 3.80. The summed E-state index contributed by atoms with van der Waals surface area (Å²) < 4.78 is 7.88. The predicted octanol–water partition coefficient (Wildman–Crippen LogP) is 0.941. The van der Waals surface area contributed by atoms with Crippen LogP contribution in [0, 0.1) is 0 Å². The van der Waals surface area contributed by atoms with Gasteiger partial charge >= 0.3 is 0 Å². The number of carbonyl (C=O) groups is 1. The summed E-state index contributed by atoms with van der Waals surface area (Å²) in [7, 11) is 0. The molecule has 0 radical (unpaired) electrons. The van der Waals surface area contributed by atoms with Crippen LogP contribution in [0.2, 0.25) is 0 Å². The molecule has 1 aliphatic heterocycles. The van der Waals surface area contributed by atoms with E-state index in [2.05, 4.69) is 26.3 Å². The van der Waals surface area contributed by atoms with Crippen molar-refractivity contribution in [1.82, 2.24) is 15.1 Å². The van der Waals surface area contributed by atoms with E-state index >= 15 is 0 Å². The molecule has 88 valence electrons. The van der Waals surface area contributed by atoms with E-state index in [-0.39, 0.29) is 18.6 Å². The minimum atomic E-state index is -0.0360. The number of halogens is 1. The van der Waals surface area contributed by atoms with Crippen molar-refractivity contribution in [3.8, 4) is 0 Å². The van der Waals surface area contributed by atoms with Gasteiger partial charge < -0.3 is 10.1 Å². The molecule has 1 aromatic heterocycles. The molecule has 1 saturated heterocycles. The molecular formula is C10H14BrN3O2. The van der Waals surface area contributed by atoms with E-state index in [1.54, 1.807) is 17.1 Å². The summed E-state index contributed by atoms with van der Waals surface area (Å²) in [4.78, 5) is 11.5. The third kappa shape index (κ3) is 3.31. The molecule has 0 bridgehead atoms. The molecule has 2 rings (SSSR count). The molecule has 1 atom stereocenters. The van der Waals surface area contributed by atoms with E-state index in [1.165, 1.54) is 0 Å². The van der Waals surface area contributed by atoms with Crippen LogP contribution >= 0.6 is 15.9 Å². The summed E-state index contributed by atoms with van der Waals surface area (Å²) in [6, 6.07) is 0. The van der Waals surface area contributed by atoms with Crippen LogP contribution in [0.5, 0.6) is 0 Å². The second-order valence-corrected chi connectivity index (χ2v) is 4.71. The fourth-order valence-electron chi connectivity index (χ4n) is 1.66. The van der Waals surface area contributed by atoms with Gasteiger partial charge in [-0.1, -0.05) is 0 Å². The zero-order valence-electron chi connectivity index (χ0n) is 8.86. The Balaban J connectivity index is 1.71. The van der Waals surface area contributed by atoms with Crippen LogP contribution < -0.4 is 5.32 Å². The van der Waals surface area contributed by atoms with Gasteiger partial charge in [-0.25, -0.2) is 0 Å². The Hall–Kier alpha value is -0.880. The summed E-state index contributed by atoms with van der Waals surface area (Å²) in [6.07, 6.45) is 5.74. The first-order valence-corrected chi connectivity index (χ1v) is 6.09. The molecule has 0 aromatic carbocycles. The third-order valence-electron chi connectivity index (χ3n) is 2.46. The van der Waals surface area contributed by atoms with Crippen molar-refractivity contribution in [3.63, 3.8) is 0 Å². The normalized spacial score (nSPS) is 19.9. The molecule has 1 unspecified atom stereocenters. The Labute approximate surface area is 102 Å². The van der Waals surface area contributed by atoms with Crippen molar-refractivity contribution in [2.75, 3.05) is 13.2 Å². The Morgan fingerprint density at radius 3 is 3.25 bits per heavy atom. The van der Waals surface area contributed by atoms with E-state index < -0.39 is 0 Å². The lowest BCUT2D eigenvalue weighted by atomic mass is 10.2. The molecule has 0 spiro atoms. The summed E-state index contributed by atoms with van der Waals surface area (Å²) in [5.41, 5.74) is 0. The van der Waals surface area contributed by atoms with Gasteiger partial charge in [0.2, 0.25) is 5.91 Å². The van der Waals surface area contributed by atoms with E-state index in [9.17, 15) is 4.79 Å². The number of amides is 1. The van der Waals surface area contributed by atoms with Gasteiger partial charge in [-0.3, -0.25) is 9.48 Å². The smallest absolute Gasteiger partial charge is 0.241 e. The zero-order chi connectivity index (χ0) is 11.4. The summed E-state index contributed by atoms with van der Waals surface area (Å²) in [5, 5.41) is 6.86. The second kappa shape index (κ2) is 5.45. The predicted molar refractivity (Wildman–Crippen MR) is 61.9 cm³/mol. The van der Waals surface area contributed by atoms with Gasteiger partial charge in [0.15, 0.2) is 0 Å². The first kappa shape index (κ1) is 11.6. The topological polar surface area (TPSA) is 56.2 Å². The highest BCUT2D eigenvalue weighted by molar-refractivity contribution is 9.10. The number of rotatable bonds is 4. The van der Waals surface area contributed by atoms with Crippen LogP contribution in [0.4, 0.5) is 0 Å². The average Bonchev–Trinajstić information content (AvgIpc) is 2.87. The molecular weight excluding hydrogens is 274 g/mol. The lowest BCUT2D eigenvalue weighted by Crippen LogP contribution is -2.34. The lowest BCUT2D eigenvalue weighted by molar-refractivity contribution is -0.122. The van der Waals surface area contributed by atoms with E-state index in [0.29, 0.717) is 6.54 Å². The fourth-order valence-corrected chi connectivity index (χ4v) is 1.99. The summed E-state index contributed by atoms with van der Waals surface area (Å²) >= 11 is 3.28. The third-order valence-corrected chi connectivity index (χ3v) is 2.87. The molecule has 1 amide bonds. The molecule has 1 N–H and O–H groups in total. The lowest BCUT2D eigenvalue weighted by Gasteiger charge is -2.10. The number of nitrogens with zero attached hydrogens (tertiary/aromatic N) is 2. The van der Waals surface area contributed by atoms with Gasteiger partial charge in [0.05, 0.1) is 16.8 Å². The first-order valence-electron chi connectivity index (χ1n) is 5.30. The van der Waals surface area contributed by atoms with Gasteiger partial charge in [0.25, 0.3) is 0 Å². The Kier molecular flexibility index (Phi) is 3.95. The Morgan fingerprint density at radius 1 is 1.75 bits per heavy atom. The maximum atomic E-state index is 11.5. The molecule has 0 saturated carbocycles. The molecule has 1 aromatic rings. The molecule has 2 heterocycles. The highest BCUT2D eigenvalue weighted by atomic mass is 79.9. The number of hydrogen-bond donors (Lipinski definition) is 1. The zero-order valence-corrected chi connectivity index (χ0v) is 10.4. The highest BCUT2D eigenvalue weighted by Gasteiger charge is 2.16. The number of hydrogen-bond acceptors (Lipinski definition) is 3. The van der Waals surface area contributed by atoms with Crippen molar-refractivity contribution < 1.29 is 9.53 Å². The molecule has 5 nitrogen and oxygen atoms in total. The van der Waals surface area contributed by atoms with Crippen LogP contribution in [0.25, 0.3) is 0 Å². The van der Waals surface area contributed by atoms with Gasteiger partial charge in [0, 0.05) is 19.3 Å². The number of ether oxygens (including phenoxy) is 1. The van der Waals surface area contributed by atoms with Crippen LogP contribution in [0.3, 0.4) is 0 Å². The largest absolute Gasteiger partial charge is 0.376 e. The SMILES string of the molecule is O=C(Cn1cc(Br)cn1)NCC1CCCO1. The van der Waals surface area contributed by atoms with E-state index in [1.807, 2.05) is 0 Å².